The van der Waals surface area contributed by atoms with Crippen LogP contribution >= 0.6 is 0 Å². The van der Waals surface area contributed by atoms with Gasteiger partial charge in [-0.25, -0.2) is 27.5 Å². The Morgan fingerprint density at radius 3 is 2.46 bits per heavy atom. The minimum Gasteiger partial charge on any atom is -0.341 e. The Hall–Kier alpha value is -2.06. The highest BCUT2D eigenvalue weighted by molar-refractivity contribution is 7.89. The average molecular weight is 350 g/mol. The van der Waals surface area contributed by atoms with Gasteiger partial charge in [-0.1, -0.05) is 12.1 Å². The van der Waals surface area contributed by atoms with Gasteiger partial charge in [0.15, 0.2) is 0 Å². The van der Waals surface area contributed by atoms with Crippen LogP contribution < -0.4 is 9.62 Å². The molecule has 24 heavy (non-hydrogen) atoms. The van der Waals surface area contributed by atoms with E-state index in [1.807, 2.05) is 0 Å². The summed E-state index contributed by atoms with van der Waals surface area (Å²) < 4.78 is 40.6. The number of halogens is 1. The summed E-state index contributed by atoms with van der Waals surface area (Å²) >= 11 is 0. The van der Waals surface area contributed by atoms with Gasteiger partial charge in [0, 0.05) is 32.0 Å². The third-order valence-corrected chi connectivity index (χ3v) is 5.59. The van der Waals surface area contributed by atoms with Gasteiger partial charge in [-0.3, -0.25) is 0 Å². The summed E-state index contributed by atoms with van der Waals surface area (Å²) in [6.07, 6.45) is 5.07. The highest BCUT2D eigenvalue weighted by Crippen LogP contribution is 2.20. The number of hydrogen-bond donors (Lipinski definition) is 1. The van der Waals surface area contributed by atoms with Crippen LogP contribution in [0.3, 0.4) is 0 Å². The van der Waals surface area contributed by atoms with Gasteiger partial charge in [-0.2, -0.15) is 0 Å². The Morgan fingerprint density at radius 1 is 1.12 bits per heavy atom. The summed E-state index contributed by atoms with van der Waals surface area (Å²) in [6, 6.07) is 7.17. The van der Waals surface area contributed by atoms with Crippen LogP contribution in [0.15, 0.2) is 47.6 Å². The van der Waals surface area contributed by atoms with Gasteiger partial charge in [0.05, 0.1) is 0 Å². The number of piperidine rings is 1. The summed E-state index contributed by atoms with van der Waals surface area (Å²) in [4.78, 5) is 10.2. The van der Waals surface area contributed by atoms with Crippen LogP contribution in [-0.4, -0.2) is 38.0 Å². The Kier molecular flexibility index (Phi) is 5.06. The summed E-state index contributed by atoms with van der Waals surface area (Å²) in [6.45, 7) is 1.85. The van der Waals surface area contributed by atoms with E-state index in [4.69, 9.17) is 0 Å². The summed E-state index contributed by atoms with van der Waals surface area (Å²) in [5.41, 5.74) is 0. The first-order valence-electron chi connectivity index (χ1n) is 7.82. The first kappa shape index (κ1) is 16.8. The number of aromatic nitrogens is 2. The molecule has 0 radical (unpaired) electrons. The molecule has 6 nitrogen and oxygen atoms in total. The molecule has 0 unspecified atom stereocenters. The molecule has 1 aliphatic rings. The zero-order valence-electron chi connectivity index (χ0n) is 13.1. The Morgan fingerprint density at radius 2 is 1.79 bits per heavy atom. The maximum atomic E-state index is 13.7. The van der Waals surface area contributed by atoms with Gasteiger partial charge in [0.25, 0.3) is 0 Å². The smallest absolute Gasteiger partial charge is 0.243 e. The molecule has 2 heterocycles. The zero-order valence-corrected chi connectivity index (χ0v) is 13.9. The monoisotopic (exact) mass is 350 g/mol. The Bertz CT molecular complexity index is 778. The second-order valence-corrected chi connectivity index (χ2v) is 7.50. The molecule has 8 heteroatoms. The molecular weight excluding hydrogens is 331 g/mol. The van der Waals surface area contributed by atoms with E-state index in [2.05, 4.69) is 19.6 Å². The standard InChI is InChI=1S/C16H19FN4O2S/c17-14-4-1-2-5-15(14)24(22,23)20-12-13-6-10-21(11-7-13)16-18-8-3-9-19-16/h1-5,8-9,13,20H,6-7,10-12H2. The molecule has 1 fully saturated rings. The SMILES string of the molecule is O=S(=O)(NCC1CCN(c2ncccn2)CC1)c1ccccc1F. The molecule has 3 rings (SSSR count). The molecule has 1 aromatic heterocycles. The minimum atomic E-state index is -3.82. The van der Waals surface area contributed by atoms with Crippen molar-refractivity contribution in [2.75, 3.05) is 24.5 Å². The van der Waals surface area contributed by atoms with Crippen LogP contribution in [0, 0.1) is 11.7 Å². The fourth-order valence-corrected chi connectivity index (χ4v) is 3.95. The lowest BCUT2D eigenvalue weighted by Gasteiger charge is -2.31. The number of sulfonamides is 1. The lowest BCUT2D eigenvalue weighted by atomic mass is 9.97. The molecule has 128 valence electrons. The molecule has 0 spiro atoms. The fourth-order valence-electron chi connectivity index (χ4n) is 2.76. The second-order valence-electron chi connectivity index (χ2n) is 5.76. The van der Waals surface area contributed by atoms with Crippen molar-refractivity contribution in [3.8, 4) is 0 Å². The van der Waals surface area contributed by atoms with Crippen molar-refractivity contribution in [1.82, 2.24) is 14.7 Å². The summed E-state index contributed by atoms with van der Waals surface area (Å²) in [7, 11) is -3.82. The molecule has 1 aromatic carbocycles. The number of nitrogens with zero attached hydrogens (tertiary/aromatic N) is 3. The molecule has 0 bridgehead atoms. The number of benzene rings is 1. The molecule has 1 N–H and O–H groups in total. The van der Waals surface area contributed by atoms with Crippen LogP contribution in [0.25, 0.3) is 0 Å². The van der Waals surface area contributed by atoms with E-state index < -0.39 is 15.8 Å². The first-order valence-corrected chi connectivity index (χ1v) is 9.31. The molecule has 2 aromatic rings. The topological polar surface area (TPSA) is 75.2 Å². The largest absolute Gasteiger partial charge is 0.341 e. The molecule has 0 saturated carbocycles. The van der Waals surface area contributed by atoms with E-state index >= 15 is 0 Å². The zero-order chi connectivity index (χ0) is 17.0. The van der Waals surface area contributed by atoms with Crippen molar-refractivity contribution < 1.29 is 12.8 Å². The van der Waals surface area contributed by atoms with Crippen molar-refractivity contribution in [3.63, 3.8) is 0 Å². The lowest BCUT2D eigenvalue weighted by Crippen LogP contribution is -2.39. The van der Waals surface area contributed by atoms with E-state index in [9.17, 15) is 12.8 Å². The van der Waals surface area contributed by atoms with Crippen molar-refractivity contribution in [1.29, 1.82) is 0 Å². The van der Waals surface area contributed by atoms with Crippen molar-refractivity contribution in [2.45, 2.75) is 17.7 Å². The summed E-state index contributed by atoms with van der Waals surface area (Å²) in [5, 5.41) is 0. The van der Waals surface area contributed by atoms with Crippen molar-refractivity contribution >= 4 is 16.0 Å². The molecule has 0 aliphatic carbocycles. The second kappa shape index (κ2) is 7.23. The van der Waals surface area contributed by atoms with E-state index in [1.165, 1.54) is 18.2 Å². The van der Waals surface area contributed by atoms with Crippen LogP contribution in [0.2, 0.25) is 0 Å². The van der Waals surface area contributed by atoms with E-state index in [-0.39, 0.29) is 10.8 Å². The average Bonchev–Trinajstić information content (AvgIpc) is 2.61. The number of nitrogens with one attached hydrogen (secondary N) is 1. The number of anilines is 1. The maximum Gasteiger partial charge on any atom is 0.243 e. The molecule has 1 saturated heterocycles. The van der Waals surface area contributed by atoms with Crippen LogP contribution in [0.1, 0.15) is 12.8 Å². The van der Waals surface area contributed by atoms with Gasteiger partial charge in [0.2, 0.25) is 16.0 Å². The fraction of sp³-hybridized carbons (Fsp3) is 0.375. The minimum absolute atomic E-state index is 0.214. The highest BCUT2D eigenvalue weighted by atomic mass is 32.2. The molecule has 0 amide bonds. The third-order valence-electron chi connectivity index (χ3n) is 4.14. The van der Waals surface area contributed by atoms with Crippen LogP contribution in [-0.2, 0) is 10.0 Å². The number of rotatable bonds is 5. The van der Waals surface area contributed by atoms with E-state index in [1.54, 1.807) is 18.5 Å². The van der Waals surface area contributed by atoms with Crippen LogP contribution in [0.5, 0.6) is 0 Å². The number of hydrogen-bond acceptors (Lipinski definition) is 5. The van der Waals surface area contributed by atoms with Crippen LogP contribution in [0.4, 0.5) is 10.3 Å². The lowest BCUT2D eigenvalue weighted by molar-refractivity contribution is 0.398. The predicted molar refractivity (Wildman–Crippen MR) is 88.6 cm³/mol. The molecule has 1 aliphatic heterocycles. The predicted octanol–water partition coefficient (Wildman–Crippen LogP) is 1.81. The van der Waals surface area contributed by atoms with Gasteiger partial charge in [0.1, 0.15) is 10.7 Å². The quantitative estimate of drug-likeness (QED) is 0.890. The van der Waals surface area contributed by atoms with Gasteiger partial charge in [-0.15, -0.1) is 0 Å². The first-order chi connectivity index (χ1) is 11.6. The summed E-state index contributed by atoms with van der Waals surface area (Å²) in [5.74, 6) is 0.176. The highest BCUT2D eigenvalue weighted by Gasteiger charge is 2.24. The van der Waals surface area contributed by atoms with E-state index in [0.717, 1.165) is 32.0 Å². The third kappa shape index (κ3) is 3.88. The maximum absolute atomic E-state index is 13.7. The van der Waals surface area contributed by atoms with E-state index in [0.29, 0.717) is 12.5 Å². The van der Waals surface area contributed by atoms with Crippen molar-refractivity contribution in [3.05, 3.63) is 48.5 Å². The molecular formula is C16H19FN4O2S. The van der Waals surface area contributed by atoms with Gasteiger partial charge >= 0.3 is 0 Å². The normalized spacial score (nSPS) is 16.3. The van der Waals surface area contributed by atoms with Gasteiger partial charge in [-0.05, 0) is 37.0 Å². The Labute approximate surface area is 140 Å². The van der Waals surface area contributed by atoms with Crippen molar-refractivity contribution in [2.24, 2.45) is 5.92 Å². The van der Waals surface area contributed by atoms with Gasteiger partial charge < -0.3 is 4.90 Å². The molecule has 0 atom stereocenters. The Balaban J connectivity index is 1.54.